The monoisotopic (exact) mass is 465 g/mol. The molecule has 2 saturated heterocycles. The number of hydrogen-bond donors (Lipinski definition) is 1. The van der Waals surface area contributed by atoms with Crippen LogP contribution in [0, 0.1) is 0 Å². The molecule has 2 N–H and O–H groups in total. The molecular weight excluding hydrogens is 438 g/mol. The van der Waals surface area contributed by atoms with Crippen LogP contribution in [-0.2, 0) is 16.1 Å². The minimum Gasteiger partial charge on any atom is -0.491 e. The first-order chi connectivity index (χ1) is 16.0. The number of nitrogens with two attached hydrogens (primary N) is 1. The molecule has 7 nitrogen and oxygen atoms in total. The van der Waals surface area contributed by atoms with Crippen LogP contribution in [0.1, 0.15) is 47.8 Å². The molecule has 2 fully saturated rings. The Kier molecular flexibility index (Phi) is 5.80. The summed E-state index contributed by atoms with van der Waals surface area (Å²) in [4.78, 5) is 33.6. The van der Waals surface area contributed by atoms with Crippen LogP contribution in [0.2, 0.25) is 0 Å². The number of pyridine rings is 1. The molecule has 2 bridgehead atoms. The summed E-state index contributed by atoms with van der Waals surface area (Å²) in [6, 6.07) is 14.0. The normalized spacial score (nSPS) is 24.6. The van der Waals surface area contributed by atoms with Gasteiger partial charge in [0.15, 0.2) is 10.6 Å². The van der Waals surface area contributed by atoms with Crippen molar-refractivity contribution in [2.75, 3.05) is 6.61 Å². The van der Waals surface area contributed by atoms with Gasteiger partial charge in [0.1, 0.15) is 16.5 Å². The Bertz CT molecular complexity index is 1180. The van der Waals surface area contributed by atoms with E-state index >= 15 is 0 Å². The summed E-state index contributed by atoms with van der Waals surface area (Å²) in [5.74, 6) is -0.255. The van der Waals surface area contributed by atoms with Gasteiger partial charge in [0.05, 0.1) is 12.0 Å². The van der Waals surface area contributed by atoms with Crippen LogP contribution in [0.15, 0.2) is 48.7 Å². The van der Waals surface area contributed by atoms with E-state index in [2.05, 4.69) is 22.0 Å². The number of piperidine rings is 1. The van der Waals surface area contributed by atoms with E-state index in [0.717, 1.165) is 22.2 Å². The summed E-state index contributed by atoms with van der Waals surface area (Å²) in [5, 5.41) is 0.808. The van der Waals surface area contributed by atoms with E-state index in [1.807, 2.05) is 37.3 Å². The van der Waals surface area contributed by atoms with E-state index in [-0.39, 0.29) is 18.1 Å². The van der Waals surface area contributed by atoms with Crippen molar-refractivity contribution in [2.24, 2.45) is 5.73 Å². The fourth-order valence-corrected chi connectivity index (χ4v) is 6.31. The third-order valence-electron chi connectivity index (χ3n) is 6.80. The van der Waals surface area contributed by atoms with E-state index in [1.165, 1.54) is 11.3 Å². The second-order valence-electron chi connectivity index (χ2n) is 8.72. The molecule has 5 rings (SSSR count). The number of fused-ring (bicyclic) bond motifs is 3. The van der Waals surface area contributed by atoms with Crippen molar-refractivity contribution in [3.8, 4) is 5.75 Å². The molecule has 3 aromatic rings. The van der Waals surface area contributed by atoms with E-state index in [9.17, 15) is 9.59 Å². The SMILES string of the molecule is CCOc1c(C(=O)OC2CC3CCC(C(N)=O)(C2)N3Cc2ccccc2)sc2ncccc12. The van der Waals surface area contributed by atoms with Crippen LogP contribution in [0.5, 0.6) is 5.75 Å². The summed E-state index contributed by atoms with van der Waals surface area (Å²) in [6.45, 7) is 2.98. The third kappa shape index (κ3) is 3.87. The lowest BCUT2D eigenvalue weighted by Gasteiger charge is -2.45. The first-order valence-electron chi connectivity index (χ1n) is 11.3. The number of rotatable bonds is 7. The lowest BCUT2D eigenvalue weighted by molar-refractivity contribution is -0.136. The average Bonchev–Trinajstić information content (AvgIpc) is 3.27. The van der Waals surface area contributed by atoms with Crippen LogP contribution in [0.25, 0.3) is 10.2 Å². The van der Waals surface area contributed by atoms with Gasteiger partial charge in [-0.2, -0.15) is 0 Å². The first kappa shape index (κ1) is 21.9. The predicted octanol–water partition coefficient (Wildman–Crippen LogP) is 3.90. The summed E-state index contributed by atoms with van der Waals surface area (Å²) < 4.78 is 11.8. The quantitative estimate of drug-likeness (QED) is 0.532. The molecule has 1 aromatic carbocycles. The number of aromatic nitrogens is 1. The molecular formula is C25H27N3O4S. The maximum Gasteiger partial charge on any atom is 0.352 e. The number of thiophene rings is 1. The second kappa shape index (κ2) is 8.76. The van der Waals surface area contributed by atoms with Crippen LogP contribution in [-0.4, -0.2) is 46.1 Å². The second-order valence-corrected chi connectivity index (χ2v) is 9.72. The van der Waals surface area contributed by atoms with Crippen molar-refractivity contribution in [3.05, 3.63) is 59.1 Å². The molecule has 4 heterocycles. The van der Waals surface area contributed by atoms with Gasteiger partial charge in [0.25, 0.3) is 0 Å². The topological polar surface area (TPSA) is 94.8 Å². The molecule has 0 spiro atoms. The molecule has 3 unspecified atom stereocenters. The number of hydrogen-bond acceptors (Lipinski definition) is 7. The Morgan fingerprint density at radius 1 is 1.24 bits per heavy atom. The average molecular weight is 466 g/mol. The highest BCUT2D eigenvalue weighted by Crippen LogP contribution is 2.46. The van der Waals surface area contributed by atoms with Gasteiger partial charge < -0.3 is 15.2 Å². The summed E-state index contributed by atoms with van der Waals surface area (Å²) >= 11 is 1.27. The largest absolute Gasteiger partial charge is 0.491 e. The van der Waals surface area contributed by atoms with Gasteiger partial charge in [-0.3, -0.25) is 9.69 Å². The highest BCUT2D eigenvalue weighted by atomic mass is 32.1. The molecule has 8 heteroatoms. The Morgan fingerprint density at radius 2 is 2.06 bits per heavy atom. The molecule has 33 heavy (non-hydrogen) atoms. The smallest absolute Gasteiger partial charge is 0.352 e. The van der Waals surface area contributed by atoms with Crippen molar-refractivity contribution >= 4 is 33.4 Å². The zero-order valence-corrected chi connectivity index (χ0v) is 19.3. The predicted molar refractivity (Wildman–Crippen MR) is 126 cm³/mol. The Hall–Kier alpha value is -2.97. The van der Waals surface area contributed by atoms with Crippen molar-refractivity contribution < 1.29 is 19.1 Å². The maximum atomic E-state index is 13.2. The van der Waals surface area contributed by atoms with Crippen LogP contribution in [0.4, 0.5) is 0 Å². The number of carbonyl (C=O) groups is 2. The van der Waals surface area contributed by atoms with Crippen molar-refractivity contribution in [1.29, 1.82) is 0 Å². The Morgan fingerprint density at radius 3 is 2.82 bits per heavy atom. The van der Waals surface area contributed by atoms with Gasteiger partial charge in [-0.05, 0) is 37.5 Å². The third-order valence-corrected chi connectivity index (χ3v) is 7.88. The number of esters is 1. The molecule has 2 aliphatic rings. The number of nitrogens with zero attached hydrogens (tertiary/aromatic N) is 2. The van der Waals surface area contributed by atoms with Crippen molar-refractivity contribution in [3.63, 3.8) is 0 Å². The minimum absolute atomic E-state index is 0.139. The zero-order chi connectivity index (χ0) is 23.0. The van der Waals surface area contributed by atoms with Crippen LogP contribution in [0.3, 0.4) is 0 Å². The summed E-state index contributed by atoms with van der Waals surface area (Å²) in [6.07, 6.45) is 3.95. The molecule has 0 radical (unpaired) electrons. The molecule has 2 aromatic heterocycles. The van der Waals surface area contributed by atoms with E-state index in [1.54, 1.807) is 6.20 Å². The number of amides is 1. The Balaban J connectivity index is 1.38. The van der Waals surface area contributed by atoms with Gasteiger partial charge in [-0.15, -0.1) is 11.3 Å². The highest BCUT2D eigenvalue weighted by molar-refractivity contribution is 7.20. The van der Waals surface area contributed by atoms with E-state index in [0.29, 0.717) is 43.0 Å². The Labute approximate surface area is 196 Å². The zero-order valence-electron chi connectivity index (χ0n) is 18.5. The number of carbonyl (C=O) groups excluding carboxylic acids is 2. The minimum atomic E-state index is -0.797. The van der Waals surface area contributed by atoms with E-state index in [4.69, 9.17) is 15.2 Å². The summed E-state index contributed by atoms with van der Waals surface area (Å²) in [5.41, 5.74) is 6.30. The van der Waals surface area contributed by atoms with Crippen molar-refractivity contribution in [1.82, 2.24) is 9.88 Å². The number of benzene rings is 1. The molecule has 3 atom stereocenters. The van der Waals surface area contributed by atoms with Crippen molar-refractivity contribution in [2.45, 2.75) is 56.8 Å². The molecule has 2 aliphatic heterocycles. The highest BCUT2D eigenvalue weighted by Gasteiger charge is 2.56. The molecule has 172 valence electrons. The fraction of sp³-hybridized carbons (Fsp3) is 0.400. The van der Waals surface area contributed by atoms with Gasteiger partial charge in [-0.1, -0.05) is 30.3 Å². The first-order valence-corrected chi connectivity index (χ1v) is 12.2. The van der Waals surface area contributed by atoms with Gasteiger partial charge >= 0.3 is 5.97 Å². The number of primary amides is 1. The summed E-state index contributed by atoms with van der Waals surface area (Å²) in [7, 11) is 0. The van der Waals surface area contributed by atoms with E-state index < -0.39 is 11.5 Å². The fourth-order valence-electron chi connectivity index (χ4n) is 5.34. The maximum absolute atomic E-state index is 13.2. The van der Waals surface area contributed by atoms with Gasteiger partial charge in [0.2, 0.25) is 5.91 Å². The lowest BCUT2D eigenvalue weighted by Crippen LogP contribution is -2.60. The van der Waals surface area contributed by atoms with Crippen LogP contribution < -0.4 is 10.5 Å². The van der Waals surface area contributed by atoms with Gasteiger partial charge in [0, 0.05) is 31.6 Å². The van der Waals surface area contributed by atoms with Crippen LogP contribution >= 0.6 is 11.3 Å². The molecule has 0 saturated carbocycles. The van der Waals surface area contributed by atoms with Gasteiger partial charge in [-0.25, -0.2) is 9.78 Å². The number of ether oxygens (including phenoxy) is 2. The molecule has 1 amide bonds. The standard InChI is InChI=1S/C25H27N3O4S/c1-2-31-20-19-9-6-12-27-22(19)33-21(20)23(29)32-18-13-17-10-11-25(14-18,24(26)30)28(17)15-16-7-4-3-5-8-16/h3-9,12,17-18H,2,10-11,13-15H2,1H3,(H2,26,30). The molecule has 0 aliphatic carbocycles. The lowest BCUT2D eigenvalue weighted by atomic mass is 9.85.